The minimum atomic E-state index is -0.301. The number of benzene rings is 2. The summed E-state index contributed by atoms with van der Waals surface area (Å²) in [5, 5.41) is -0.274. The number of ether oxygens (including phenoxy) is 2. The topological polar surface area (TPSA) is 55.8 Å². The Morgan fingerprint density at radius 1 is 1.04 bits per heavy atom. The molecule has 1 aliphatic heterocycles. The van der Waals surface area contributed by atoms with Crippen LogP contribution >= 0.6 is 11.8 Å². The Bertz CT molecular complexity index is 874. The van der Waals surface area contributed by atoms with Gasteiger partial charge < -0.3 is 9.47 Å². The molecule has 26 heavy (non-hydrogen) atoms. The third-order valence-corrected chi connectivity index (χ3v) is 4.97. The van der Waals surface area contributed by atoms with Crippen molar-refractivity contribution in [3.63, 3.8) is 0 Å². The highest BCUT2D eigenvalue weighted by Gasteiger charge is 2.35. The van der Waals surface area contributed by atoms with Gasteiger partial charge in [-0.05, 0) is 48.5 Å². The van der Waals surface area contributed by atoms with Crippen molar-refractivity contribution in [2.75, 3.05) is 14.2 Å². The summed E-state index contributed by atoms with van der Waals surface area (Å²) in [5.74, 6) is 0.956. The Morgan fingerprint density at radius 2 is 1.77 bits per heavy atom. The molecule has 0 atom stereocenters. The minimum absolute atomic E-state index is 0.261. The second-order valence-electron chi connectivity index (χ2n) is 5.86. The van der Waals surface area contributed by atoms with Crippen molar-refractivity contribution in [1.29, 1.82) is 0 Å². The summed E-state index contributed by atoms with van der Waals surface area (Å²) in [4.78, 5) is 26.6. The number of thioether (sulfide) groups is 1. The number of hydrogen-bond donors (Lipinski definition) is 0. The number of hydrogen-bond acceptors (Lipinski definition) is 5. The van der Waals surface area contributed by atoms with Gasteiger partial charge in [-0.2, -0.15) is 0 Å². The van der Waals surface area contributed by atoms with E-state index in [9.17, 15) is 9.59 Å². The first-order valence-corrected chi connectivity index (χ1v) is 8.86. The molecule has 0 bridgehead atoms. The Morgan fingerprint density at radius 3 is 2.42 bits per heavy atom. The van der Waals surface area contributed by atoms with E-state index >= 15 is 0 Å². The second kappa shape index (κ2) is 7.66. The van der Waals surface area contributed by atoms with Crippen LogP contribution in [-0.2, 0) is 11.3 Å². The smallest absolute Gasteiger partial charge is 0.293 e. The van der Waals surface area contributed by atoms with Gasteiger partial charge in [0.1, 0.15) is 11.5 Å². The summed E-state index contributed by atoms with van der Waals surface area (Å²) in [5.41, 5.74) is 2.73. The number of carbonyl (C=O) groups is 2. The van der Waals surface area contributed by atoms with E-state index in [0.29, 0.717) is 22.0 Å². The Balaban J connectivity index is 1.86. The molecule has 0 aromatic heterocycles. The van der Waals surface area contributed by atoms with Gasteiger partial charge in [-0.15, -0.1) is 0 Å². The lowest BCUT2D eigenvalue weighted by Gasteiger charge is -2.12. The molecule has 1 saturated heterocycles. The zero-order valence-corrected chi connectivity index (χ0v) is 15.6. The normalized spacial score (nSPS) is 15.7. The highest BCUT2D eigenvalue weighted by atomic mass is 32.2. The van der Waals surface area contributed by atoms with Gasteiger partial charge in [0.25, 0.3) is 11.1 Å². The third-order valence-electron chi connectivity index (χ3n) is 4.06. The zero-order chi connectivity index (χ0) is 18.7. The van der Waals surface area contributed by atoms with Crippen LogP contribution in [0.1, 0.15) is 16.7 Å². The van der Waals surface area contributed by atoms with E-state index in [-0.39, 0.29) is 17.7 Å². The average molecular weight is 369 g/mol. The fourth-order valence-corrected chi connectivity index (χ4v) is 3.43. The highest BCUT2D eigenvalue weighted by Crippen LogP contribution is 2.35. The van der Waals surface area contributed by atoms with Gasteiger partial charge in [0.05, 0.1) is 25.7 Å². The zero-order valence-electron chi connectivity index (χ0n) is 14.8. The molecule has 134 valence electrons. The summed E-state index contributed by atoms with van der Waals surface area (Å²) < 4.78 is 10.6. The molecule has 1 aliphatic rings. The van der Waals surface area contributed by atoms with Crippen LogP contribution in [0.25, 0.3) is 6.08 Å². The molecule has 0 aliphatic carbocycles. The van der Waals surface area contributed by atoms with Gasteiger partial charge in [-0.1, -0.05) is 29.8 Å². The molecule has 6 heteroatoms. The Hall–Kier alpha value is -2.73. The standard InChI is InChI=1S/C20H19NO4S/c1-13-4-6-14(7-5-13)12-21-19(22)18(26-20(21)23)11-15-10-16(24-2)8-9-17(15)25-3/h4-11H,12H2,1-3H3/b18-11+. The molecule has 0 N–H and O–H groups in total. The fraction of sp³-hybridized carbons (Fsp3) is 0.200. The third kappa shape index (κ3) is 3.75. The molecule has 0 saturated carbocycles. The van der Waals surface area contributed by atoms with Gasteiger partial charge in [0.2, 0.25) is 0 Å². The van der Waals surface area contributed by atoms with Crippen LogP contribution in [0, 0.1) is 6.92 Å². The predicted molar refractivity (Wildman–Crippen MR) is 102 cm³/mol. The van der Waals surface area contributed by atoms with Crippen LogP contribution in [0.3, 0.4) is 0 Å². The summed E-state index contributed by atoms with van der Waals surface area (Å²) in [6.07, 6.45) is 1.67. The monoisotopic (exact) mass is 369 g/mol. The van der Waals surface area contributed by atoms with Crippen LogP contribution in [0.4, 0.5) is 4.79 Å². The van der Waals surface area contributed by atoms with E-state index in [0.717, 1.165) is 22.9 Å². The van der Waals surface area contributed by atoms with Crippen molar-refractivity contribution in [2.45, 2.75) is 13.5 Å². The van der Waals surface area contributed by atoms with E-state index in [1.807, 2.05) is 31.2 Å². The summed E-state index contributed by atoms with van der Waals surface area (Å²) in [6.45, 7) is 2.26. The maximum atomic E-state index is 12.7. The van der Waals surface area contributed by atoms with Gasteiger partial charge in [-0.25, -0.2) is 0 Å². The molecule has 1 fully saturated rings. The average Bonchev–Trinajstić information content (AvgIpc) is 2.90. The van der Waals surface area contributed by atoms with Crippen LogP contribution in [0.15, 0.2) is 47.4 Å². The van der Waals surface area contributed by atoms with Crippen molar-refractivity contribution in [2.24, 2.45) is 0 Å². The lowest BCUT2D eigenvalue weighted by molar-refractivity contribution is -0.123. The van der Waals surface area contributed by atoms with Gasteiger partial charge in [0.15, 0.2) is 0 Å². The van der Waals surface area contributed by atoms with Crippen LogP contribution in [0.2, 0.25) is 0 Å². The number of nitrogens with zero attached hydrogens (tertiary/aromatic N) is 1. The maximum absolute atomic E-state index is 12.7. The summed E-state index contributed by atoms with van der Waals surface area (Å²) >= 11 is 0.934. The Labute approximate surface area is 156 Å². The molecule has 2 aromatic rings. The molecule has 0 spiro atoms. The number of methoxy groups -OCH3 is 2. The first-order valence-electron chi connectivity index (χ1n) is 8.04. The van der Waals surface area contributed by atoms with Crippen LogP contribution in [-0.4, -0.2) is 30.3 Å². The molecule has 0 radical (unpaired) electrons. The van der Waals surface area contributed by atoms with Crippen LogP contribution in [0.5, 0.6) is 11.5 Å². The van der Waals surface area contributed by atoms with E-state index in [1.54, 1.807) is 38.5 Å². The highest BCUT2D eigenvalue weighted by molar-refractivity contribution is 8.18. The van der Waals surface area contributed by atoms with Crippen LogP contribution < -0.4 is 9.47 Å². The van der Waals surface area contributed by atoms with Crippen molar-refractivity contribution in [3.05, 3.63) is 64.1 Å². The molecule has 0 unspecified atom stereocenters. The second-order valence-corrected chi connectivity index (χ2v) is 6.85. The van der Waals surface area contributed by atoms with E-state index in [2.05, 4.69) is 0 Å². The van der Waals surface area contributed by atoms with E-state index in [4.69, 9.17) is 9.47 Å². The van der Waals surface area contributed by atoms with Crippen molar-refractivity contribution >= 4 is 29.0 Å². The van der Waals surface area contributed by atoms with Gasteiger partial charge in [-0.3, -0.25) is 14.5 Å². The first-order chi connectivity index (χ1) is 12.5. The number of amides is 2. The molecule has 2 aromatic carbocycles. The maximum Gasteiger partial charge on any atom is 0.293 e. The number of imide groups is 1. The molecule has 1 heterocycles. The SMILES string of the molecule is COc1ccc(OC)c(/C=C2/SC(=O)N(Cc3ccc(C)cc3)C2=O)c1. The van der Waals surface area contributed by atoms with Gasteiger partial charge in [0, 0.05) is 5.56 Å². The molecule has 3 rings (SSSR count). The van der Waals surface area contributed by atoms with E-state index < -0.39 is 0 Å². The number of aryl methyl sites for hydroxylation is 1. The first kappa shape index (κ1) is 18.1. The van der Waals surface area contributed by atoms with Gasteiger partial charge >= 0.3 is 0 Å². The molecular weight excluding hydrogens is 350 g/mol. The summed E-state index contributed by atoms with van der Waals surface area (Å²) in [7, 11) is 3.13. The fourth-order valence-electron chi connectivity index (χ4n) is 2.61. The minimum Gasteiger partial charge on any atom is -0.497 e. The Kier molecular flexibility index (Phi) is 5.32. The molecular formula is C20H19NO4S. The predicted octanol–water partition coefficient (Wildman–Crippen LogP) is 4.25. The van der Waals surface area contributed by atoms with Crippen molar-refractivity contribution < 1.29 is 19.1 Å². The summed E-state index contributed by atoms with van der Waals surface area (Å²) in [6, 6.07) is 13.1. The van der Waals surface area contributed by atoms with Crippen molar-refractivity contribution in [3.8, 4) is 11.5 Å². The molecule has 5 nitrogen and oxygen atoms in total. The lowest BCUT2D eigenvalue weighted by atomic mass is 10.1. The largest absolute Gasteiger partial charge is 0.497 e. The lowest BCUT2D eigenvalue weighted by Crippen LogP contribution is -2.27. The van der Waals surface area contributed by atoms with Crippen molar-refractivity contribution in [1.82, 2.24) is 4.90 Å². The molecule has 2 amide bonds. The number of carbonyl (C=O) groups excluding carboxylic acids is 2. The van der Waals surface area contributed by atoms with E-state index in [1.165, 1.54) is 4.90 Å². The quantitative estimate of drug-likeness (QED) is 0.738. The number of rotatable bonds is 5.